The monoisotopic (exact) mass is 295 g/mol. The summed E-state index contributed by atoms with van der Waals surface area (Å²) in [5, 5.41) is 15.1. The molecule has 0 saturated heterocycles. The number of nitrogens with zero attached hydrogens (tertiary/aromatic N) is 3. The van der Waals surface area contributed by atoms with Crippen LogP contribution in [0.4, 0.5) is 24.8 Å². The van der Waals surface area contributed by atoms with Crippen molar-refractivity contribution < 1.29 is 13.2 Å². The average Bonchev–Trinajstić information content (AvgIpc) is 2.73. The van der Waals surface area contributed by atoms with E-state index >= 15 is 0 Å². The second-order valence-electron chi connectivity index (χ2n) is 4.44. The lowest BCUT2D eigenvalue weighted by molar-refractivity contribution is -0.115. The third-order valence-electron chi connectivity index (χ3n) is 2.77. The standard InChI is InChI=1S/C13H12F3N5/c1-8-2-4-9(5-3-8)21-11(18)10(6-17)12(20-21)19-7-13(14,15)16/h2-5H,7,18H2,1H3,(H,19,20). The van der Waals surface area contributed by atoms with Gasteiger partial charge in [0.25, 0.3) is 0 Å². The van der Waals surface area contributed by atoms with Gasteiger partial charge in [0.15, 0.2) is 5.82 Å². The van der Waals surface area contributed by atoms with Gasteiger partial charge in [-0.25, -0.2) is 4.68 Å². The maximum Gasteiger partial charge on any atom is 0.405 e. The van der Waals surface area contributed by atoms with Crippen LogP contribution >= 0.6 is 0 Å². The van der Waals surface area contributed by atoms with E-state index < -0.39 is 12.7 Å². The Labute approximate surface area is 118 Å². The first-order valence-electron chi connectivity index (χ1n) is 5.98. The van der Waals surface area contributed by atoms with Crippen molar-refractivity contribution >= 4 is 11.6 Å². The summed E-state index contributed by atoms with van der Waals surface area (Å²) in [5.74, 6) is -0.195. The highest BCUT2D eigenvalue weighted by Crippen LogP contribution is 2.25. The average molecular weight is 295 g/mol. The van der Waals surface area contributed by atoms with E-state index in [0.717, 1.165) is 5.56 Å². The molecule has 0 atom stereocenters. The van der Waals surface area contributed by atoms with Crippen molar-refractivity contribution in [2.24, 2.45) is 0 Å². The molecular weight excluding hydrogens is 283 g/mol. The van der Waals surface area contributed by atoms with Crippen LogP contribution in [0.5, 0.6) is 0 Å². The fourth-order valence-corrected chi connectivity index (χ4v) is 1.73. The normalized spacial score (nSPS) is 11.2. The molecule has 5 nitrogen and oxygen atoms in total. The molecule has 0 amide bonds. The number of nitrogens with one attached hydrogen (secondary N) is 1. The minimum absolute atomic E-state index is 0.00831. The van der Waals surface area contributed by atoms with Crippen molar-refractivity contribution in [3.05, 3.63) is 35.4 Å². The molecule has 110 valence electrons. The molecule has 3 N–H and O–H groups in total. The quantitative estimate of drug-likeness (QED) is 0.912. The summed E-state index contributed by atoms with van der Waals surface area (Å²) in [7, 11) is 0. The summed E-state index contributed by atoms with van der Waals surface area (Å²) in [6.45, 7) is 0.610. The van der Waals surface area contributed by atoms with E-state index in [0.29, 0.717) is 5.69 Å². The number of hydrogen-bond donors (Lipinski definition) is 2. The van der Waals surface area contributed by atoms with Crippen molar-refractivity contribution in [3.63, 3.8) is 0 Å². The van der Waals surface area contributed by atoms with Crippen LogP contribution in [-0.2, 0) is 0 Å². The van der Waals surface area contributed by atoms with Crippen LogP contribution in [-0.4, -0.2) is 22.5 Å². The lowest BCUT2D eigenvalue weighted by atomic mass is 10.2. The zero-order chi connectivity index (χ0) is 15.6. The Hall–Kier alpha value is -2.69. The highest BCUT2D eigenvalue weighted by Gasteiger charge is 2.28. The number of aromatic nitrogens is 2. The van der Waals surface area contributed by atoms with Gasteiger partial charge in [-0.15, -0.1) is 5.10 Å². The Morgan fingerprint density at radius 1 is 1.33 bits per heavy atom. The summed E-state index contributed by atoms with van der Waals surface area (Å²) in [5.41, 5.74) is 7.25. The zero-order valence-corrected chi connectivity index (χ0v) is 11.1. The van der Waals surface area contributed by atoms with Gasteiger partial charge in [-0.2, -0.15) is 18.4 Å². The van der Waals surface area contributed by atoms with Gasteiger partial charge in [0.1, 0.15) is 24.0 Å². The first-order valence-corrected chi connectivity index (χ1v) is 5.98. The van der Waals surface area contributed by atoms with Crippen LogP contribution < -0.4 is 11.1 Å². The molecule has 1 aromatic carbocycles. The van der Waals surface area contributed by atoms with E-state index in [2.05, 4.69) is 10.4 Å². The Balaban J connectivity index is 2.38. The molecule has 0 bridgehead atoms. The summed E-state index contributed by atoms with van der Waals surface area (Å²) >= 11 is 0. The molecule has 8 heteroatoms. The molecule has 21 heavy (non-hydrogen) atoms. The van der Waals surface area contributed by atoms with Gasteiger partial charge in [0.2, 0.25) is 0 Å². The third-order valence-corrected chi connectivity index (χ3v) is 2.77. The van der Waals surface area contributed by atoms with Gasteiger partial charge in [-0.1, -0.05) is 17.7 Å². The fraction of sp³-hybridized carbons (Fsp3) is 0.231. The van der Waals surface area contributed by atoms with Crippen LogP contribution in [0.2, 0.25) is 0 Å². The van der Waals surface area contributed by atoms with Crippen LogP contribution in [0.3, 0.4) is 0 Å². The van der Waals surface area contributed by atoms with Crippen molar-refractivity contribution in [3.8, 4) is 11.8 Å². The number of benzene rings is 1. The number of rotatable bonds is 3. The molecule has 1 aromatic heterocycles. The number of nitriles is 1. The molecule has 0 aliphatic rings. The van der Waals surface area contributed by atoms with E-state index in [-0.39, 0.29) is 17.2 Å². The second kappa shape index (κ2) is 5.36. The van der Waals surface area contributed by atoms with Gasteiger partial charge in [0.05, 0.1) is 5.69 Å². The van der Waals surface area contributed by atoms with Crippen LogP contribution in [0, 0.1) is 18.3 Å². The number of aryl methyl sites for hydroxylation is 1. The van der Waals surface area contributed by atoms with Crippen LogP contribution in [0.25, 0.3) is 5.69 Å². The van der Waals surface area contributed by atoms with Gasteiger partial charge in [-0.3, -0.25) is 0 Å². The molecule has 2 rings (SSSR count). The van der Waals surface area contributed by atoms with Crippen LogP contribution in [0.1, 0.15) is 11.1 Å². The van der Waals surface area contributed by atoms with Crippen LogP contribution in [0.15, 0.2) is 24.3 Å². The molecule has 1 heterocycles. The van der Waals surface area contributed by atoms with Crippen molar-refractivity contribution in [1.29, 1.82) is 5.26 Å². The van der Waals surface area contributed by atoms with Gasteiger partial charge < -0.3 is 11.1 Å². The van der Waals surface area contributed by atoms with E-state index in [1.54, 1.807) is 18.2 Å². The van der Waals surface area contributed by atoms with Gasteiger partial charge >= 0.3 is 6.18 Å². The molecule has 0 saturated carbocycles. The SMILES string of the molecule is Cc1ccc(-n2nc(NCC(F)(F)F)c(C#N)c2N)cc1. The number of hydrogen-bond acceptors (Lipinski definition) is 4. The minimum Gasteiger partial charge on any atom is -0.382 e. The maximum absolute atomic E-state index is 12.2. The van der Waals surface area contributed by atoms with Crippen molar-refractivity contribution in [1.82, 2.24) is 9.78 Å². The topological polar surface area (TPSA) is 79.7 Å². The van der Waals surface area contributed by atoms with Crippen molar-refractivity contribution in [2.45, 2.75) is 13.1 Å². The number of alkyl halides is 3. The first-order chi connectivity index (χ1) is 9.81. The molecule has 0 unspecified atom stereocenters. The number of nitrogen functional groups attached to an aromatic ring is 1. The first kappa shape index (κ1) is 14.7. The number of nitrogens with two attached hydrogens (primary N) is 1. The Morgan fingerprint density at radius 3 is 2.48 bits per heavy atom. The second-order valence-corrected chi connectivity index (χ2v) is 4.44. The largest absolute Gasteiger partial charge is 0.405 e. The third kappa shape index (κ3) is 3.25. The summed E-state index contributed by atoms with van der Waals surface area (Å²) in [4.78, 5) is 0. The molecule has 2 aromatic rings. The Bertz CT molecular complexity index is 680. The summed E-state index contributed by atoms with van der Waals surface area (Å²) in [6, 6.07) is 8.82. The molecular formula is C13H12F3N5. The lowest BCUT2D eigenvalue weighted by Gasteiger charge is -2.07. The Morgan fingerprint density at radius 2 is 1.95 bits per heavy atom. The van der Waals surface area contributed by atoms with Gasteiger partial charge in [0, 0.05) is 0 Å². The summed E-state index contributed by atoms with van der Waals surface area (Å²) in [6.07, 6.45) is -4.41. The molecule has 0 aliphatic carbocycles. The van der Waals surface area contributed by atoms with E-state index in [4.69, 9.17) is 11.0 Å². The van der Waals surface area contributed by atoms with Crippen molar-refractivity contribution in [2.75, 3.05) is 17.6 Å². The number of halogens is 3. The Kier molecular flexibility index (Phi) is 3.76. The molecule has 0 spiro atoms. The highest BCUT2D eigenvalue weighted by molar-refractivity contribution is 5.66. The molecule has 0 radical (unpaired) electrons. The fourth-order valence-electron chi connectivity index (χ4n) is 1.73. The minimum atomic E-state index is -4.41. The summed E-state index contributed by atoms with van der Waals surface area (Å²) < 4.78 is 38.0. The zero-order valence-electron chi connectivity index (χ0n) is 11.1. The lowest BCUT2D eigenvalue weighted by Crippen LogP contribution is -2.21. The van der Waals surface area contributed by atoms with E-state index in [1.807, 2.05) is 19.1 Å². The molecule has 0 aliphatic heterocycles. The highest BCUT2D eigenvalue weighted by atomic mass is 19.4. The maximum atomic E-state index is 12.2. The number of anilines is 2. The van der Waals surface area contributed by atoms with E-state index in [9.17, 15) is 13.2 Å². The molecule has 0 fully saturated rings. The smallest absolute Gasteiger partial charge is 0.382 e. The van der Waals surface area contributed by atoms with E-state index in [1.165, 1.54) is 4.68 Å². The predicted molar refractivity (Wildman–Crippen MR) is 72.0 cm³/mol. The van der Waals surface area contributed by atoms with Gasteiger partial charge in [-0.05, 0) is 19.1 Å². The predicted octanol–water partition coefficient (Wildman–Crippen LogP) is 2.61.